The Labute approximate surface area is 49.1 Å². The predicted molar refractivity (Wildman–Crippen MR) is 31.9 cm³/mol. The molecule has 0 aromatic rings. The van der Waals surface area contributed by atoms with Gasteiger partial charge in [0.15, 0.2) is 5.85 Å². The second-order valence-corrected chi connectivity index (χ2v) is 2.23. The van der Waals surface area contributed by atoms with Gasteiger partial charge in [-0.3, -0.25) is 11.5 Å². The molecule has 0 rings (SSSR count). The van der Waals surface area contributed by atoms with Crippen molar-refractivity contribution in [3.8, 4) is 0 Å². The lowest BCUT2D eigenvalue weighted by molar-refractivity contribution is 0.0279. The second-order valence-electron chi connectivity index (χ2n) is 2.23. The highest BCUT2D eigenvalue weighted by Crippen LogP contribution is 1.83. The molecule has 8 heavy (non-hydrogen) atoms. The van der Waals surface area contributed by atoms with Crippen molar-refractivity contribution in [3.05, 3.63) is 0 Å². The molecular formula is C4H13N3O. The van der Waals surface area contributed by atoms with Gasteiger partial charge < -0.3 is 10.0 Å². The summed E-state index contributed by atoms with van der Waals surface area (Å²) in [6, 6.07) is 0. The van der Waals surface area contributed by atoms with Crippen molar-refractivity contribution in [3.63, 3.8) is 0 Å². The molecule has 0 bridgehead atoms. The third-order valence-electron chi connectivity index (χ3n) is 0.570. The van der Waals surface area contributed by atoms with Crippen LogP contribution in [0.3, 0.4) is 0 Å². The Hall–Kier alpha value is -0.160. The van der Waals surface area contributed by atoms with Gasteiger partial charge in [0.05, 0.1) is 6.54 Å². The smallest absolute Gasteiger partial charge is 0.179 e. The van der Waals surface area contributed by atoms with E-state index in [2.05, 4.69) is 0 Å². The molecule has 0 saturated carbocycles. The molecule has 5 N–H and O–H groups in total. The molecule has 0 aliphatic rings. The standard InChI is InChI=1S/C4H13N3O/c1-7(2)3-4(5,6)8/h8H,3,5-6H2,1-2H3. The van der Waals surface area contributed by atoms with E-state index in [0.717, 1.165) is 0 Å². The maximum absolute atomic E-state index is 8.70. The third-order valence-corrected chi connectivity index (χ3v) is 0.570. The molecule has 0 radical (unpaired) electrons. The fourth-order valence-corrected chi connectivity index (χ4v) is 0.507. The fourth-order valence-electron chi connectivity index (χ4n) is 0.507. The van der Waals surface area contributed by atoms with E-state index >= 15 is 0 Å². The summed E-state index contributed by atoms with van der Waals surface area (Å²) >= 11 is 0. The molecule has 0 aliphatic carbocycles. The zero-order valence-electron chi connectivity index (χ0n) is 5.26. The molecule has 0 amide bonds. The lowest BCUT2D eigenvalue weighted by Gasteiger charge is -2.20. The number of rotatable bonds is 2. The van der Waals surface area contributed by atoms with E-state index in [1.165, 1.54) is 0 Å². The lowest BCUT2D eigenvalue weighted by Crippen LogP contribution is -2.56. The number of hydrogen-bond donors (Lipinski definition) is 3. The number of nitrogens with zero attached hydrogens (tertiary/aromatic N) is 1. The van der Waals surface area contributed by atoms with Crippen molar-refractivity contribution < 1.29 is 5.11 Å². The molecule has 0 saturated heterocycles. The molecule has 0 heterocycles. The van der Waals surface area contributed by atoms with Crippen LogP contribution >= 0.6 is 0 Å². The SMILES string of the molecule is CN(C)CC(N)(N)O. The van der Waals surface area contributed by atoms with Crippen LogP contribution in [0.2, 0.25) is 0 Å². The van der Waals surface area contributed by atoms with E-state index in [4.69, 9.17) is 16.6 Å². The summed E-state index contributed by atoms with van der Waals surface area (Å²) in [5.41, 5.74) is 10.1. The van der Waals surface area contributed by atoms with E-state index in [0.29, 0.717) is 0 Å². The first-order chi connectivity index (χ1) is 3.42. The van der Waals surface area contributed by atoms with Crippen LogP contribution in [-0.2, 0) is 0 Å². The highest BCUT2D eigenvalue weighted by atomic mass is 16.3. The molecule has 0 atom stereocenters. The van der Waals surface area contributed by atoms with Crippen LogP contribution in [0, 0.1) is 0 Å². The van der Waals surface area contributed by atoms with E-state index in [1.807, 2.05) is 0 Å². The highest BCUT2D eigenvalue weighted by molar-refractivity contribution is 4.62. The number of nitrogens with two attached hydrogens (primary N) is 2. The Balaban J connectivity index is 3.39. The second kappa shape index (κ2) is 2.41. The Bertz CT molecular complexity index is 66.2. The lowest BCUT2D eigenvalue weighted by atomic mass is 10.4. The summed E-state index contributed by atoms with van der Waals surface area (Å²) < 4.78 is 0. The number of likely N-dealkylation sites (N-methyl/N-ethyl adjacent to an activating group) is 1. The maximum atomic E-state index is 8.70. The van der Waals surface area contributed by atoms with Gasteiger partial charge in [0.2, 0.25) is 0 Å². The van der Waals surface area contributed by atoms with Crippen LogP contribution in [0.15, 0.2) is 0 Å². The maximum Gasteiger partial charge on any atom is 0.179 e. The fraction of sp³-hybridized carbons (Fsp3) is 1.00. The van der Waals surface area contributed by atoms with Crippen molar-refractivity contribution >= 4 is 0 Å². The Morgan fingerprint density at radius 1 is 1.50 bits per heavy atom. The summed E-state index contributed by atoms with van der Waals surface area (Å²) in [6.45, 7) is 0.271. The Morgan fingerprint density at radius 3 is 1.88 bits per heavy atom. The van der Waals surface area contributed by atoms with Gasteiger partial charge >= 0.3 is 0 Å². The Morgan fingerprint density at radius 2 is 1.88 bits per heavy atom. The zero-order valence-corrected chi connectivity index (χ0v) is 5.26. The first kappa shape index (κ1) is 7.84. The predicted octanol–water partition coefficient (Wildman–Crippen LogP) is -1.89. The topological polar surface area (TPSA) is 75.5 Å². The molecule has 0 spiro atoms. The van der Waals surface area contributed by atoms with Crippen molar-refractivity contribution in [1.82, 2.24) is 4.90 Å². The molecule has 4 heteroatoms. The molecule has 4 nitrogen and oxygen atoms in total. The average molecular weight is 119 g/mol. The van der Waals surface area contributed by atoms with E-state index < -0.39 is 5.85 Å². The molecule has 0 aromatic carbocycles. The van der Waals surface area contributed by atoms with Gasteiger partial charge in [-0.25, -0.2) is 0 Å². The molecule has 0 aliphatic heterocycles. The van der Waals surface area contributed by atoms with Crippen LogP contribution in [0.1, 0.15) is 0 Å². The van der Waals surface area contributed by atoms with Crippen molar-refractivity contribution in [2.45, 2.75) is 5.85 Å². The first-order valence-electron chi connectivity index (χ1n) is 2.37. The van der Waals surface area contributed by atoms with Gasteiger partial charge in [0.25, 0.3) is 0 Å². The zero-order chi connectivity index (χ0) is 6.78. The number of hydrogen-bond acceptors (Lipinski definition) is 4. The van der Waals surface area contributed by atoms with Crippen LogP contribution in [-0.4, -0.2) is 36.5 Å². The van der Waals surface area contributed by atoms with Gasteiger partial charge in [-0.1, -0.05) is 0 Å². The monoisotopic (exact) mass is 119 g/mol. The molecular weight excluding hydrogens is 106 g/mol. The summed E-state index contributed by atoms with van der Waals surface area (Å²) in [7, 11) is 3.56. The quantitative estimate of drug-likeness (QED) is 0.371. The third kappa shape index (κ3) is 5.84. The summed E-state index contributed by atoms with van der Waals surface area (Å²) in [5.74, 6) is -1.55. The van der Waals surface area contributed by atoms with E-state index in [1.54, 1.807) is 19.0 Å². The van der Waals surface area contributed by atoms with Gasteiger partial charge in [-0.05, 0) is 14.1 Å². The van der Waals surface area contributed by atoms with Gasteiger partial charge in [-0.2, -0.15) is 0 Å². The van der Waals surface area contributed by atoms with Crippen molar-refractivity contribution in [1.29, 1.82) is 0 Å². The minimum atomic E-state index is -1.55. The minimum Gasteiger partial charge on any atom is -0.362 e. The number of aliphatic hydroxyl groups is 1. The molecule has 0 unspecified atom stereocenters. The van der Waals surface area contributed by atoms with Crippen LogP contribution in [0.5, 0.6) is 0 Å². The van der Waals surface area contributed by atoms with Crippen LogP contribution in [0.4, 0.5) is 0 Å². The van der Waals surface area contributed by atoms with Gasteiger partial charge in [0, 0.05) is 0 Å². The van der Waals surface area contributed by atoms with Crippen LogP contribution < -0.4 is 11.5 Å². The van der Waals surface area contributed by atoms with E-state index in [9.17, 15) is 0 Å². The minimum absolute atomic E-state index is 0.271. The van der Waals surface area contributed by atoms with E-state index in [-0.39, 0.29) is 6.54 Å². The van der Waals surface area contributed by atoms with Crippen molar-refractivity contribution in [2.75, 3.05) is 20.6 Å². The van der Waals surface area contributed by atoms with Gasteiger partial charge in [-0.15, -0.1) is 0 Å². The highest BCUT2D eigenvalue weighted by Gasteiger charge is 2.13. The molecule has 0 aromatic heterocycles. The molecule has 50 valence electrons. The largest absolute Gasteiger partial charge is 0.362 e. The summed E-state index contributed by atoms with van der Waals surface area (Å²) in [6.07, 6.45) is 0. The first-order valence-corrected chi connectivity index (χ1v) is 2.37. The summed E-state index contributed by atoms with van der Waals surface area (Å²) in [4.78, 5) is 1.71. The average Bonchev–Trinajstić information content (AvgIpc) is 1.21. The van der Waals surface area contributed by atoms with Gasteiger partial charge in [0.1, 0.15) is 0 Å². The van der Waals surface area contributed by atoms with Crippen molar-refractivity contribution in [2.24, 2.45) is 11.5 Å². The molecule has 0 fully saturated rings. The van der Waals surface area contributed by atoms with Crippen LogP contribution in [0.25, 0.3) is 0 Å². The normalized spacial score (nSPS) is 12.8. The Kier molecular flexibility index (Phi) is 2.36. The summed E-state index contributed by atoms with van der Waals surface area (Å²) in [5, 5.41) is 8.70.